The minimum absolute atomic E-state index is 0.108. The average Bonchev–Trinajstić information content (AvgIpc) is 2.30. The van der Waals surface area contributed by atoms with Crippen molar-refractivity contribution in [2.75, 3.05) is 0 Å². The first-order valence-corrected chi connectivity index (χ1v) is 3.94. The Hall–Kier alpha value is -0.540. The Morgan fingerprint density at radius 1 is 1.73 bits per heavy atom. The number of hydrogen-bond donors (Lipinski definition) is 1. The Bertz CT molecular complexity index is 245. The Morgan fingerprint density at radius 2 is 2.36 bits per heavy atom. The van der Waals surface area contributed by atoms with Crippen molar-refractivity contribution in [3.8, 4) is 0 Å². The Balaban J connectivity index is 3.07. The first-order chi connectivity index (χ1) is 5.16. The molecule has 0 fully saturated rings. The lowest BCUT2D eigenvalue weighted by Crippen LogP contribution is -2.06. The van der Waals surface area contributed by atoms with Crippen LogP contribution in [0.25, 0.3) is 0 Å². The summed E-state index contributed by atoms with van der Waals surface area (Å²) in [4.78, 5) is 0. The standard InChI is InChI=1S/C7H11ClN2O/c1-3-5-6(4(2)9)7(8)11-10-5/h4H,3,9H2,1-2H3. The third-order valence-corrected chi connectivity index (χ3v) is 1.82. The lowest BCUT2D eigenvalue weighted by atomic mass is 10.1. The molecule has 1 unspecified atom stereocenters. The normalized spacial score (nSPS) is 13.5. The van der Waals surface area contributed by atoms with Gasteiger partial charge in [-0.1, -0.05) is 12.1 Å². The van der Waals surface area contributed by atoms with Crippen molar-refractivity contribution in [2.24, 2.45) is 5.73 Å². The van der Waals surface area contributed by atoms with Crippen molar-refractivity contribution in [2.45, 2.75) is 26.3 Å². The molecule has 3 nitrogen and oxygen atoms in total. The van der Waals surface area contributed by atoms with Gasteiger partial charge in [-0.3, -0.25) is 0 Å². The molecule has 1 heterocycles. The number of aromatic nitrogens is 1. The highest BCUT2D eigenvalue weighted by Crippen LogP contribution is 2.24. The van der Waals surface area contributed by atoms with Crippen molar-refractivity contribution in [1.29, 1.82) is 0 Å². The van der Waals surface area contributed by atoms with E-state index in [1.165, 1.54) is 0 Å². The smallest absolute Gasteiger partial charge is 0.231 e. The van der Waals surface area contributed by atoms with Crippen LogP contribution >= 0.6 is 11.6 Å². The summed E-state index contributed by atoms with van der Waals surface area (Å²) in [6.45, 7) is 3.84. The van der Waals surface area contributed by atoms with E-state index in [1.807, 2.05) is 13.8 Å². The molecule has 0 aliphatic rings. The Kier molecular flexibility index (Phi) is 2.52. The van der Waals surface area contributed by atoms with Gasteiger partial charge in [-0.05, 0) is 24.9 Å². The minimum atomic E-state index is -0.108. The Labute approximate surface area is 70.5 Å². The molecule has 1 aromatic heterocycles. The van der Waals surface area contributed by atoms with Crippen LogP contribution in [0.2, 0.25) is 5.22 Å². The summed E-state index contributed by atoms with van der Waals surface area (Å²) in [5, 5.41) is 4.09. The van der Waals surface area contributed by atoms with E-state index in [9.17, 15) is 0 Å². The zero-order valence-electron chi connectivity index (χ0n) is 6.60. The molecule has 0 spiro atoms. The van der Waals surface area contributed by atoms with E-state index in [2.05, 4.69) is 5.16 Å². The largest absolute Gasteiger partial charge is 0.344 e. The van der Waals surface area contributed by atoms with E-state index in [0.717, 1.165) is 17.7 Å². The molecule has 0 saturated heterocycles. The fraction of sp³-hybridized carbons (Fsp3) is 0.571. The molecule has 4 heteroatoms. The van der Waals surface area contributed by atoms with Gasteiger partial charge in [0.2, 0.25) is 5.22 Å². The summed E-state index contributed by atoms with van der Waals surface area (Å²) < 4.78 is 4.78. The maximum Gasteiger partial charge on any atom is 0.231 e. The third-order valence-electron chi connectivity index (χ3n) is 1.55. The fourth-order valence-corrected chi connectivity index (χ4v) is 1.32. The van der Waals surface area contributed by atoms with Gasteiger partial charge in [-0.25, -0.2) is 0 Å². The summed E-state index contributed by atoms with van der Waals surface area (Å²) in [6, 6.07) is -0.108. The molecule has 0 radical (unpaired) electrons. The van der Waals surface area contributed by atoms with Crippen LogP contribution in [-0.2, 0) is 6.42 Å². The molecule has 0 aromatic carbocycles. The molecule has 0 aliphatic heterocycles. The number of nitrogens with zero attached hydrogens (tertiary/aromatic N) is 1. The van der Waals surface area contributed by atoms with Gasteiger partial charge >= 0.3 is 0 Å². The fourth-order valence-electron chi connectivity index (χ4n) is 1.00. The number of hydrogen-bond acceptors (Lipinski definition) is 3. The van der Waals surface area contributed by atoms with Crippen LogP contribution in [0.4, 0.5) is 0 Å². The molecular weight excluding hydrogens is 164 g/mol. The van der Waals surface area contributed by atoms with Crippen molar-refractivity contribution in [3.63, 3.8) is 0 Å². The molecule has 1 atom stereocenters. The molecule has 62 valence electrons. The molecule has 0 aliphatic carbocycles. The summed E-state index contributed by atoms with van der Waals surface area (Å²) >= 11 is 5.71. The molecule has 0 bridgehead atoms. The summed E-state index contributed by atoms with van der Waals surface area (Å²) in [6.07, 6.45) is 0.799. The van der Waals surface area contributed by atoms with Crippen molar-refractivity contribution in [3.05, 3.63) is 16.5 Å². The second-order valence-electron chi connectivity index (χ2n) is 2.46. The van der Waals surface area contributed by atoms with Gasteiger partial charge in [-0.2, -0.15) is 0 Å². The second kappa shape index (κ2) is 3.24. The van der Waals surface area contributed by atoms with Gasteiger partial charge in [-0.15, -0.1) is 0 Å². The zero-order valence-corrected chi connectivity index (χ0v) is 7.35. The number of rotatable bonds is 2. The van der Waals surface area contributed by atoms with Crippen LogP contribution in [0.3, 0.4) is 0 Å². The van der Waals surface area contributed by atoms with Crippen LogP contribution < -0.4 is 5.73 Å². The number of halogens is 1. The van der Waals surface area contributed by atoms with Gasteiger partial charge in [0, 0.05) is 6.04 Å². The number of nitrogens with two attached hydrogens (primary N) is 1. The average molecular weight is 175 g/mol. The van der Waals surface area contributed by atoms with Crippen molar-refractivity contribution >= 4 is 11.6 Å². The monoisotopic (exact) mass is 174 g/mol. The highest BCUT2D eigenvalue weighted by atomic mass is 35.5. The van der Waals surface area contributed by atoms with Crippen molar-refractivity contribution < 1.29 is 4.52 Å². The lowest BCUT2D eigenvalue weighted by molar-refractivity contribution is 0.413. The molecule has 0 saturated carbocycles. The molecular formula is C7H11ClN2O. The third kappa shape index (κ3) is 1.54. The van der Waals surface area contributed by atoms with Gasteiger partial charge < -0.3 is 10.3 Å². The molecule has 1 rings (SSSR count). The maximum atomic E-state index is 5.71. The van der Waals surface area contributed by atoms with E-state index >= 15 is 0 Å². The molecule has 11 heavy (non-hydrogen) atoms. The maximum absolute atomic E-state index is 5.71. The molecule has 2 N–H and O–H groups in total. The van der Waals surface area contributed by atoms with E-state index in [0.29, 0.717) is 5.22 Å². The van der Waals surface area contributed by atoms with Gasteiger partial charge in [0.25, 0.3) is 0 Å². The first-order valence-electron chi connectivity index (χ1n) is 3.56. The highest BCUT2D eigenvalue weighted by Gasteiger charge is 2.15. The van der Waals surface area contributed by atoms with Gasteiger partial charge in [0.1, 0.15) is 0 Å². The number of aryl methyl sites for hydroxylation is 1. The summed E-state index contributed by atoms with van der Waals surface area (Å²) in [5.74, 6) is 0. The van der Waals surface area contributed by atoms with Gasteiger partial charge in [0.15, 0.2) is 0 Å². The van der Waals surface area contributed by atoms with Crippen molar-refractivity contribution in [1.82, 2.24) is 5.16 Å². The zero-order chi connectivity index (χ0) is 8.43. The van der Waals surface area contributed by atoms with Gasteiger partial charge in [0.05, 0.1) is 11.3 Å². The van der Waals surface area contributed by atoms with E-state index in [1.54, 1.807) is 0 Å². The van der Waals surface area contributed by atoms with E-state index < -0.39 is 0 Å². The van der Waals surface area contributed by atoms with E-state index in [-0.39, 0.29) is 6.04 Å². The summed E-state index contributed by atoms with van der Waals surface area (Å²) in [5.41, 5.74) is 7.33. The quantitative estimate of drug-likeness (QED) is 0.745. The second-order valence-corrected chi connectivity index (χ2v) is 2.80. The van der Waals surface area contributed by atoms with Crippen LogP contribution in [0.5, 0.6) is 0 Å². The predicted molar refractivity (Wildman–Crippen MR) is 43.5 cm³/mol. The molecule has 1 aromatic rings. The van der Waals surface area contributed by atoms with E-state index in [4.69, 9.17) is 21.9 Å². The highest BCUT2D eigenvalue weighted by molar-refractivity contribution is 6.29. The predicted octanol–water partition coefficient (Wildman–Crippen LogP) is 1.91. The minimum Gasteiger partial charge on any atom is -0.344 e. The first kappa shape index (κ1) is 8.56. The molecule has 0 amide bonds. The van der Waals surface area contributed by atoms with Crippen LogP contribution in [0.1, 0.15) is 31.1 Å². The van der Waals surface area contributed by atoms with Crippen LogP contribution in [-0.4, -0.2) is 5.16 Å². The topological polar surface area (TPSA) is 52.0 Å². The lowest BCUT2D eigenvalue weighted by Gasteiger charge is -2.01. The SMILES string of the molecule is CCc1noc(Cl)c1C(C)N. The van der Waals surface area contributed by atoms with Crippen LogP contribution in [0, 0.1) is 0 Å². The summed E-state index contributed by atoms with van der Waals surface area (Å²) in [7, 11) is 0. The van der Waals surface area contributed by atoms with Crippen LogP contribution in [0.15, 0.2) is 4.52 Å². The Morgan fingerprint density at radius 3 is 2.73 bits per heavy atom.